The molecular formula is C16H20ClF2N5O. The molecule has 25 heavy (non-hydrogen) atoms. The second-order valence-electron chi connectivity index (χ2n) is 6.15. The molecule has 1 aliphatic heterocycles. The number of aromatic nitrogens is 2. The highest BCUT2D eigenvalue weighted by atomic mass is 35.5. The Morgan fingerprint density at radius 3 is 2.56 bits per heavy atom. The molecule has 0 bridgehead atoms. The van der Waals surface area contributed by atoms with Crippen LogP contribution in [0.4, 0.5) is 8.78 Å². The molecule has 6 nitrogen and oxygen atoms in total. The van der Waals surface area contributed by atoms with Crippen LogP contribution in [0, 0.1) is 0 Å². The Hall–Kier alpha value is -1.77. The lowest BCUT2D eigenvalue weighted by molar-refractivity contribution is 0.0824. The second kappa shape index (κ2) is 7.23. The number of halogens is 3. The van der Waals surface area contributed by atoms with Crippen LogP contribution >= 0.6 is 11.6 Å². The molecule has 0 amide bonds. The smallest absolute Gasteiger partial charge is 0.281 e. The van der Waals surface area contributed by atoms with E-state index >= 15 is 0 Å². The summed E-state index contributed by atoms with van der Waals surface area (Å²) in [7, 11) is 0. The summed E-state index contributed by atoms with van der Waals surface area (Å²) >= 11 is 6.19. The highest BCUT2D eigenvalue weighted by Crippen LogP contribution is 2.20. The maximum absolute atomic E-state index is 13.0. The second-order valence-corrected chi connectivity index (χ2v) is 6.56. The van der Waals surface area contributed by atoms with Gasteiger partial charge in [-0.15, -0.1) is 0 Å². The Morgan fingerprint density at radius 1 is 1.28 bits per heavy atom. The molecular weight excluding hydrogens is 352 g/mol. The van der Waals surface area contributed by atoms with Crippen molar-refractivity contribution in [1.29, 1.82) is 0 Å². The van der Waals surface area contributed by atoms with E-state index in [1.807, 2.05) is 0 Å². The summed E-state index contributed by atoms with van der Waals surface area (Å²) in [6.07, 6.45) is -2.37. The van der Waals surface area contributed by atoms with E-state index in [-0.39, 0.29) is 12.1 Å². The van der Waals surface area contributed by atoms with Crippen LogP contribution in [0.15, 0.2) is 23.0 Å². The molecule has 1 aliphatic rings. The summed E-state index contributed by atoms with van der Waals surface area (Å²) in [5.74, 6) is 0.432. The van der Waals surface area contributed by atoms with Gasteiger partial charge in [0.1, 0.15) is 5.82 Å². The van der Waals surface area contributed by atoms with Crippen LogP contribution in [-0.4, -0.2) is 53.7 Å². The van der Waals surface area contributed by atoms with Crippen molar-refractivity contribution in [3.63, 3.8) is 0 Å². The summed E-state index contributed by atoms with van der Waals surface area (Å²) in [4.78, 5) is 19.2. The van der Waals surface area contributed by atoms with Crippen molar-refractivity contribution in [2.45, 2.75) is 19.4 Å². The summed E-state index contributed by atoms with van der Waals surface area (Å²) < 4.78 is 26.5. The van der Waals surface area contributed by atoms with Crippen LogP contribution in [0.25, 0.3) is 10.9 Å². The zero-order valence-electron chi connectivity index (χ0n) is 13.8. The normalized spacial score (nSPS) is 17.4. The zero-order chi connectivity index (χ0) is 18.1. The van der Waals surface area contributed by atoms with Gasteiger partial charge in [-0.3, -0.25) is 9.69 Å². The molecule has 0 aliphatic carbocycles. The van der Waals surface area contributed by atoms with Gasteiger partial charge in [-0.2, -0.15) is 0 Å². The van der Waals surface area contributed by atoms with Crippen molar-refractivity contribution in [3.8, 4) is 0 Å². The highest BCUT2D eigenvalue weighted by molar-refractivity contribution is 6.35. The minimum atomic E-state index is -2.37. The number of alkyl halides is 2. The van der Waals surface area contributed by atoms with E-state index in [1.165, 1.54) is 4.68 Å². The molecule has 0 unspecified atom stereocenters. The number of nitrogens with zero attached hydrogens (tertiary/aromatic N) is 4. The molecule has 0 spiro atoms. The molecule has 2 N–H and O–H groups in total. The van der Waals surface area contributed by atoms with Crippen LogP contribution in [-0.2, 0) is 0 Å². The van der Waals surface area contributed by atoms with Gasteiger partial charge in [0, 0.05) is 26.2 Å². The summed E-state index contributed by atoms with van der Waals surface area (Å²) in [6, 6.07) is 4.63. The molecule has 1 atom stereocenters. The maximum Gasteiger partial charge on any atom is 0.281 e. The predicted octanol–water partition coefficient (Wildman–Crippen LogP) is 1.59. The van der Waals surface area contributed by atoms with Gasteiger partial charge in [0.2, 0.25) is 0 Å². The van der Waals surface area contributed by atoms with Crippen molar-refractivity contribution in [1.82, 2.24) is 14.6 Å². The molecule has 3 rings (SSSR count). The molecule has 9 heteroatoms. The van der Waals surface area contributed by atoms with E-state index in [4.69, 9.17) is 17.3 Å². The van der Waals surface area contributed by atoms with Crippen molar-refractivity contribution in [2.24, 2.45) is 5.73 Å². The zero-order valence-corrected chi connectivity index (χ0v) is 14.6. The third-order valence-corrected chi connectivity index (χ3v) is 4.60. The number of fused-ring (bicyclic) bond motifs is 1. The molecule has 2 aromatic rings. The van der Waals surface area contributed by atoms with Crippen LogP contribution in [0.5, 0.6) is 0 Å². The summed E-state index contributed by atoms with van der Waals surface area (Å²) in [5, 5.41) is 2.47. The number of nitrogens with two attached hydrogens (primary N) is 1. The van der Waals surface area contributed by atoms with Gasteiger partial charge in [-0.25, -0.2) is 18.4 Å². The van der Waals surface area contributed by atoms with Crippen LogP contribution in [0.3, 0.4) is 0 Å². The van der Waals surface area contributed by atoms with Gasteiger partial charge in [0.25, 0.3) is 12.0 Å². The molecule has 1 aromatic heterocycles. The fraction of sp³-hybridized carbons (Fsp3) is 0.500. The lowest BCUT2D eigenvalue weighted by Crippen LogP contribution is -2.56. The molecule has 0 radical (unpaired) electrons. The Bertz CT molecular complexity index is 818. The van der Waals surface area contributed by atoms with Gasteiger partial charge in [0.05, 0.1) is 28.5 Å². The third kappa shape index (κ3) is 3.61. The first-order chi connectivity index (χ1) is 11.9. The van der Waals surface area contributed by atoms with Gasteiger partial charge in [-0.1, -0.05) is 17.7 Å². The van der Waals surface area contributed by atoms with E-state index in [0.717, 1.165) is 0 Å². The van der Waals surface area contributed by atoms with Gasteiger partial charge >= 0.3 is 0 Å². The molecule has 1 aromatic carbocycles. The van der Waals surface area contributed by atoms with Crippen molar-refractivity contribution in [2.75, 3.05) is 37.7 Å². The highest BCUT2D eigenvalue weighted by Gasteiger charge is 2.24. The quantitative estimate of drug-likeness (QED) is 0.884. The number of piperazine rings is 1. The van der Waals surface area contributed by atoms with E-state index in [2.05, 4.69) is 4.98 Å². The number of rotatable bonds is 4. The van der Waals surface area contributed by atoms with Crippen LogP contribution in [0.1, 0.15) is 18.8 Å². The van der Waals surface area contributed by atoms with Crippen molar-refractivity contribution < 1.29 is 8.78 Å². The van der Waals surface area contributed by atoms with Crippen LogP contribution in [0.2, 0.25) is 5.02 Å². The van der Waals surface area contributed by atoms with E-state index < -0.39 is 12.5 Å². The minimum Gasteiger partial charge on any atom is -0.322 e. The number of hydrogen-bond acceptors (Lipinski definition) is 5. The number of hydrogen-bond donors (Lipinski definition) is 1. The van der Waals surface area contributed by atoms with E-state index in [0.29, 0.717) is 47.9 Å². The lowest BCUT2D eigenvalue weighted by Gasteiger charge is -2.37. The first-order valence-corrected chi connectivity index (χ1v) is 8.48. The average Bonchev–Trinajstić information content (AvgIpc) is 2.55. The lowest BCUT2D eigenvalue weighted by atomic mass is 10.2. The van der Waals surface area contributed by atoms with Crippen LogP contribution < -0.4 is 16.3 Å². The largest absolute Gasteiger partial charge is 0.322 e. The molecule has 0 saturated carbocycles. The minimum absolute atomic E-state index is 0.259. The summed E-state index contributed by atoms with van der Waals surface area (Å²) in [5.41, 5.74) is 6.23. The fourth-order valence-electron chi connectivity index (χ4n) is 3.08. The Labute approximate surface area is 148 Å². The fourth-order valence-corrected chi connectivity index (χ4v) is 3.33. The Balaban J connectivity index is 2.01. The van der Waals surface area contributed by atoms with E-state index in [9.17, 15) is 13.6 Å². The van der Waals surface area contributed by atoms with E-state index in [1.54, 1.807) is 35.0 Å². The Kier molecular flexibility index (Phi) is 5.21. The third-order valence-electron chi connectivity index (χ3n) is 4.28. The molecule has 1 saturated heterocycles. The molecule has 2 heterocycles. The monoisotopic (exact) mass is 371 g/mol. The predicted molar refractivity (Wildman–Crippen MR) is 94.0 cm³/mol. The standard InChI is InChI=1S/C16H20ClF2N5O/c1-10(20)15-21-12-4-2-3-11(17)14(12)16(25)24(15)23-7-5-22(6-8-23)9-13(18)19/h2-4,10,13H,5-9,20H2,1H3/t10-/m0/s1. The number of benzene rings is 1. The van der Waals surface area contributed by atoms with Gasteiger partial charge < -0.3 is 10.7 Å². The van der Waals surface area contributed by atoms with Gasteiger partial charge in [0.15, 0.2) is 0 Å². The topological polar surface area (TPSA) is 67.4 Å². The first kappa shape index (κ1) is 18.0. The van der Waals surface area contributed by atoms with Crippen molar-refractivity contribution in [3.05, 3.63) is 39.4 Å². The first-order valence-electron chi connectivity index (χ1n) is 8.11. The molecule has 1 fully saturated rings. The molecule has 136 valence electrons. The van der Waals surface area contributed by atoms with Crippen molar-refractivity contribution >= 4 is 22.5 Å². The SMILES string of the molecule is C[C@H](N)c1nc2cccc(Cl)c2c(=O)n1N1CCN(CC(F)F)CC1. The maximum atomic E-state index is 13.0. The Morgan fingerprint density at radius 2 is 1.96 bits per heavy atom. The summed E-state index contributed by atoms with van der Waals surface area (Å²) in [6.45, 7) is 3.24. The average molecular weight is 372 g/mol. The van der Waals surface area contributed by atoms with Gasteiger partial charge in [-0.05, 0) is 19.1 Å².